The van der Waals surface area contributed by atoms with Crippen molar-refractivity contribution < 1.29 is 4.74 Å². The minimum atomic E-state index is 0.107. The van der Waals surface area contributed by atoms with E-state index in [1.165, 1.54) is 18.4 Å². The van der Waals surface area contributed by atoms with Crippen molar-refractivity contribution in [2.45, 2.75) is 24.8 Å². The van der Waals surface area contributed by atoms with Gasteiger partial charge in [0.1, 0.15) is 5.75 Å². The summed E-state index contributed by atoms with van der Waals surface area (Å²) in [5.41, 5.74) is 7.48. The van der Waals surface area contributed by atoms with E-state index in [2.05, 4.69) is 24.1 Å². The van der Waals surface area contributed by atoms with Gasteiger partial charge < -0.3 is 15.4 Å². The summed E-state index contributed by atoms with van der Waals surface area (Å²) in [4.78, 5) is 2.32. The molecule has 0 aromatic heterocycles. The number of hydrogen-bond donors (Lipinski definition) is 1. The number of ether oxygens (including phenoxy) is 1. The number of rotatable bonds is 6. The molecule has 0 bridgehead atoms. The third kappa shape index (κ3) is 3.45. The van der Waals surface area contributed by atoms with Crippen LogP contribution in [0.3, 0.4) is 0 Å². The van der Waals surface area contributed by atoms with Crippen molar-refractivity contribution in [3.63, 3.8) is 0 Å². The van der Waals surface area contributed by atoms with E-state index in [4.69, 9.17) is 10.5 Å². The molecule has 2 rings (SSSR count). The van der Waals surface area contributed by atoms with E-state index in [1.54, 1.807) is 7.11 Å². The molecule has 0 radical (unpaired) electrons. The quantitative estimate of drug-likeness (QED) is 0.813. The smallest absolute Gasteiger partial charge is 0.122 e. The lowest BCUT2D eigenvalue weighted by atomic mass is 10.1. The molecule has 3 heteroatoms. The van der Waals surface area contributed by atoms with Crippen LogP contribution >= 0.6 is 0 Å². The number of hydrogen-bond acceptors (Lipinski definition) is 3. The summed E-state index contributed by atoms with van der Waals surface area (Å²) in [5, 5.41) is 0. The molecule has 1 aliphatic carbocycles. The molecule has 17 heavy (non-hydrogen) atoms. The van der Waals surface area contributed by atoms with Crippen molar-refractivity contribution in [2.24, 2.45) is 5.73 Å². The first-order valence-corrected chi connectivity index (χ1v) is 6.22. The molecule has 0 amide bonds. The van der Waals surface area contributed by atoms with E-state index in [-0.39, 0.29) is 5.54 Å². The topological polar surface area (TPSA) is 38.5 Å². The van der Waals surface area contributed by atoms with E-state index >= 15 is 0 Å². The number of benzene rings is 1. The van der Waals surface area contributed by atoms with Crippen molar-refractivity contribution in [3.05, 3.63) is 29.8 Å². The van der Waals surface area contributed by atoms with Gasteiger partial charge in [0.2, 0.25) is 0 Å². The van der Waals surface area contributed by atoms with Gasteiger partial charge in [0, 0.05) is 18.6 Å². The van der Waals surface area contributed by atoms with Gasteiger partial charge in [-0.2, -0.15) is 0 Å². The fraction of sp³-hybridized carbons (Fsp3) is 0.571. The standard InChI is InChI=1S/C14H22N2O/c1-16(11-14(15)8-9-14)10-7-12-5-3-4-6-13(12)17-2/h3-6H,7-11,15H2,1-2H3. The molecule has 3 nitrogen and oxygen atoms in total. The zero-order chi connectivity index (χ0) is 12.3. The molecule has 1 aromatic rings. The average Bonchev–Trinajstić information content (AvgIpc) is 3.04. The van der Waals surface area contributed by atoms with E-state index in [0.717, 1.165) is 25.3 Å². The summed E-state index contributed by atoms with van der Waals surface area (Å²) < 4.78 is 5.35. The zero-order valence-corrected chi connectivity index (χ0v) is 10.8. The van der Waals surface area contributed by atoms with Gasteiger partial charge in [0.05, 0.1) is 7.11 Å². The molecule has 0 aliphatic heterocycles. The first-order chi connectivity index (χ1) is 8.13. The van der Waals surface area contributed by atoms with Crippen LogP contribution < -0.4 is 10.5 Å². The van der Waals surface area contributed by atoms with Crippen molar-refractivity contribution in [1.82, 2.24) is 4.90 Å². The highest BCUT2D eigenvalue weighted by Crippen LogP contribution is 2.32. The number of nitrogens with two attached hydrogens (primary N) is 1. The normalized spacial score (nSPS) is 17.2. The SMILES string of the molecule is COc1ccccc1CCN(C)CC1(N)CC1. The molecule has 1 aliphatic rings. The van der Waals surface area contributed by atoms with E-state index < -0.39 is 0 Å². The molecule has 1 fully saturated rings. The third-order valence-electron chi connectivity index (χ3n) is 3.43. The van der Waals surface area contributed by atoms with Crippen molar-refractivity contribution in [3.8, 4) is 5.75 Å². The second-order valence-electron chi connectivity index (χ2n) is 5.16. The van der Waals surface area contributed by atoms with Crippen LogP contribution in [0.1, 0.15) is 18.4 Å². The van der Waals surface area contributed by atoms with Gasteiger partial charge >= 0.3 is 0 Å². The third-order valence-corrected chi connectivity index (χ3v) is 3.43. The summed E-state index contributed by atoms with van der Waals surface area (Å²) in [7, 11) is 3.87. The minimum Gasteiger partial charge on any atom is -0.496 e. The van der Waals surface area contributed by atoms with E-state index in [9.17, 15) is 0 Å². The molecule has 0 atom stereocenters. The zero-order valence-electron chi connectivity index (χ0n) is 10.8. The molecule has 0 unspecified atom stereocenters. The highest BCUT2D eigenvalue weighted by Gasteiger charge is 2.38. The molecular weight excluding hydrogens is 212 g/mol. The Morgan fingerprint density at radius 1 is 1.35 bits per heavy atom. The fourth-order valence-electron chi connectivity index (χ4n) is 2.16. The predicted octanol–water partition coefficient (Wildman–Crippen LogP) is 1.66. The Morgan fingerprint density at radius 2 is 2.06 bits per heavy atom. The van der Waals surface area contributed by atoms with Crippen LogP contribution in [-0.4, -0.2) is 37.7 Å². The van der Waals surface area contributed by atoms with Crippen molar-refractivity contribution >= 4 is 0 Å². The summed E-state index contributed by atoms with van der Waals surface area (Å²) in [6.45, 7) is 2.03. The Labute approximate surface area is 104 Å². The van der Waals surface area contributed by atoms with Gasteiger partial charge in [-0.15, -0.1) is 0 Å². The van der Waals surface area contributed by atoms with Crippen LogP contribution in [0, 0.1) is 0 Å². The number of para-hydroxylation sites is 1. The van der Waals surface area contributed by atoms with Crippen LogP contribution in [0.15, 0.2) is 24.3 Å². The Bertz CT molecular complexity index is 374. The van der Waals surface area contributed by atoms with Gasteiger partial charge in [-0.05, 0) is 37.9 Å². The molecule has 1 saturated carbocycles. The Hall–Kier alpha value is -1.06. The molecule has 0 heterocycles. The lowest BCUT2D eigenvalue weighted by molar-refractivity contribution is 0.304. The lowest BCUT2D eigenvalue weighted by Gasteiger charge is -2.21. The maximum atomic E-state index is 6.11. The highest BCUT2D eigenvalue weighted by atomic mass is 16.5. The first kappa shape index (κ1) is 12.4. The second-order valence-corrected chi connectivity index (χ2v) is 5.16. The Kier molecular flexibility index (Phi) is 3.69. The molecule has 1 aromatic carbocycles. The first-order valence-electron chi connectivity index (χ1n) is 6.22. The molecular formula is C14H22N2O. The Morgan fingerprint density at radius 3 is 2.71 bits per heavy atom. The second kappa shape index (κ2) is 5.07. The van der Waals surface area contributed by atoms with Crippen LogP contribution in [0.4, 0.5) is 0 Å². The molecule has 0 spiro atoms. The van der Waals surface area contributed by atoms with Crippen LogP contribution in [0.2, 0.25) is 0 Å². The van der Waals surface area contributed by atoms with Crippen LogP contribution in [-0.2, 0) is 6.42 Å². The fourth-order valence-corrected chi connectivity index (χ4v) is 2.16. The van der Waals surface area contributed by atoms with Gasteiger partial charge in [0.25, 0.3) is 0 Å². The maximum absolute atomic E-state index is 6.11. The number of nitrogens with zero attached hydrogens (tertiary/aromatic N) is 1. The molecule has 2 N–H and O–H groups in total. The molecule has 94 valence electrons. The number of likely N-dealkylation sites (N-methyl/N-ethyl adjacent to an activating group) is 1. The van der Waals surface area contributed by atoms with E-state index in [0.29, 0.717) is 0 Å². The van der Waals surface area contributed by atoms with Crippen LogP contribution in [0.25, 0.3) is 0 Å². The van der Waals surface area contributed by atoms with Gasteiger partial charge in [-0.1, -0.05) is 18.2 Å². The largest absolute Gasteiger partial charge is 0.496 e. The average molecular weight is 234 g/mol. The number of methoxy groups -OCH3 is 1. The van der Waals surface area contributed by atoms with Crippen molar-refractivity contribution in [2.75, 3.05) is 27.2 Å². The summed E-state index contributed by atoms with van der Waals surface area (Å²) in [6, 6.07) is 8.21. The van der Waals surface area contributed by atoms with E-state index in [1.807, 2.05) is 12.1 Å². The van der Waals surface area contributed by atoms with Gasteiger partial charge in [-0.25, -0.2) is 0 Å². The summed E-state index contributed by atoms with van der Waals surface area (Å²) >= 11 is 0. The highest BCUT2D eigenvalue weighted by molar-refractivity contribution is 5.33. The maximum Gasteiger partial charge on any atom is 0.122 e. The monoisotopic (exact) mass is 234 g/mol. The predicted molar refractivity (Wildman–Crippen MR) is 70.3 cm³/mol. The van der Waals surface area contributed by atoms with Crippen LogP contribution in [0.5, 0.6) is 5.75 Å². The summed E-state index contributed by atoms with van der Waals surface area (Å²) in [6.07, 6.45) is 3.36. The van der Waals surface area contributed by atoms with Gasteiger partial charge in [-0.3, -0.25) is 0 Å². The lowest BCUT2D eigenvalue weighted by Crippen LogP contribution is -2.38. The Balaban J connectivity index is 1.84. The summed E-state index contributed by atoms with van der Waals surface area (Å²) in [5.74, 6) is 0.981. The minimum absolute atomic E-state index is 0.107. The van der Waals surface area contributed by atoms with Gasteiger partial charge in [0.15, 0.2) is 0 Å². The van der Waals surface area contributed by atoms with Crippen molar-refractivity contribution in [1.29, 1.82) is 0 Å². The molecule has 0 saturated heterocycles.